The average molecular weight is 257 g/mol. The maximum Gasteiger partial charge on any atom is 0.186 e. The first-order valence-corrected chi connectivity index (χ1v) is 6.09. The van der Waals surface area contributed by atoms with Gasteiger partial charge in [-0.2, -0.15) is 0 Å². The molecule has 0 unspecified atom stereocenters. The van der Waals surface area contributed by atoms with E-state index in [1.165, 1.54) is 0 Å². The number of carbonyl (C=O) groups excluding carboxylic acids is 1. The van der Waals surface area contributed by atoms with Crippen molar-refractivity contribution in [3.8, 4) is 0 Å². The molecule has 0 aliphatic heterocycles. The number of allylic oxidation sites excluding steroid dienone is 1. The predicted octanol–water partition coefficient (Wildman–Crippen LogP) is 4.54. The zero-order valence-corrected chi connectivity index (χ0v) is 10.8. The van der Waals surface area contributed by atoms with Crippen molar-refractivity contribution in [3.63, 3.8) is 0 Å². The van der Waals surface area contributed by atoms with Gasteiger partial charge in [0.1, 0.15) is 0 Å². The summed E-state index contributed by atoms with van der Waals surface area (Å²) in [4.78, 5) is 12.0. The zero-order valence-electron chi connectivity index (χ0n) is 10.1. The van der Waals surface area contributed by atoms with Crippen LogP contribution in [0.25, 0.3) is 6.08 Å². The lowest BCUT2D eigenvalue weighted by Gasteiger charge is -2.03. The van der Waals surface area contributed by atoms with Crippen molar-refractivity contribution >= 4 is 23.5 Å². The van der Waals surface area contributed by atoms with Crippen LogP contribution in [0, 0.1) is 6.92 Å². The van der Waals surface area contributed by atoms with Crippen LogP contribution < -0.4 is 0 Å². The minimum Gasteiger partial charge on any atom is -0.289 e. The summed E-state index contributed by atoms with van der Waals surface area (Å²) in [5.41, 5.74) is 2.47. The molecule has 0 heterocycles. The van der Waals surface area contributed by atoms with Crippen LogP contribution in [0.1, 0.15) is 21.5 Å². The van der Waals surface area contributed by atoms with Crippen molar-refractivity contribution in [3.05, 3.63) is 76.3 Å². The van der Waals surface area contributed by atoms with Crippen LogP contribution in [-0.2, 0) is 0 Å². The Morgan fingerprint density at radius 1 is 1.06 bits per heavy atom. The highest BCUT2D eigenvalue weighted by Gasteiger charge is 2.07. The Morgan fingerprint density at radius 2 is 1.78 bits per heavy atom. The van der Waals surface area contributed by atoms with Gasteiger partial charge in [0.2, 0.25) is 0 Å². The van der Waals surface area contributed by atoms with Crippen LogP contribution in [0.5, 0.6) is 0 Å². The molecule has 2 aromatic carbocycles. The minimum absolute atomic E-state index is 0.0288. The quantitative estimate of drug-likeness (QED) is 0.582. The molecule has 90 valence electrons. The molecule has 0 aliphatic carbocycles. The van der Waals surface area contributed by atoms with Crippen molar-refractivity contribution < 1.29 is 4.79 Å². The standard InChI is InChI=1S/C16H13ClO/c1-12-14(8-5-9-15(12)17)16(18)11-10-13-6-3-2-4-7-13/h2-11H,1H3. The Kier molecular flexibility index (Phi) is 3.96. The lowest BCUT2D eigenvalue weighted by atomic mass is 10.0. The van der Waals surface area contributed by atoms with E-state index in [0.29, 0.717) is 10.6 Å². The SMILES string of the molecule is Cc1c(Cl)cccc1C(=O)C=Cc1ccccc1. The second-order valence-electron chi connectivity index (χ2n) is 4.02. The molecule has 0 spiro atoms. The molecule has 0 saturated carbocycles. The van der Waals surface area contributed by atoms with Gasteiger partial charge in [-0.25, -0.2) is 0 Å². The van der Waals surface area contributed by atoms with Gasteiger partial charge < -0.3 is 0 Å². The third kappa shape index (κ3) is 2.88. The molecular weight excluding hydrogens is 244 g/mol. The maximum absolute atomic E-state index is 12.0. The van der Waals surface area contributed by atoms with E-state index in [1.807, 2.05) is 43.3 Å². The molecule has 0 radical (unpaired) electrons. The molecule has 2 aromatic rings. The van der Waals surface area contributed by atoms with E-state index in [2.05, 4.69) is 0 Å². The Labute approximate surface area is 112 Å². The molecule has 0 bridgehead atoms. The minimum atomic E-state index is -0.0288. The van der Waals surface area contributed by atoms with E-state index in [9.17, 15) is 4.79 Å². The summed E-state index contributed by atoms with van der Waals surface area (Å²) in [6, 6.07) is 15.1. The van der Waals surface area contributed by atoms with Crippen molar-refractivity contribution in [2.24, 2.45) is 0 Å². The smallest absolute Gasteiger partial charge is 0.186 e. The van der Waals surface area contributed by atoms with Gasteiger partial charge in [0.15, 0.2) is 5.78 Å². The van der Waals surface area contributed by atoms with Crippen molar-refractivity contribution in [1.29, 1.82) is 0 Å². The predicted molar refractivity (Wildman–Crippen MR) is 76.0 cm³/mol. The summed E-state index contributed by atoms with van der Waals surface area (Å²) in [7, 11) is 0. The summed E-state index contributed by atoms with van der Waals surface area (Å²) in [6.45, 7) is 1.85. The van der Waals surface area contributed by atoms with E-state index in [4.69, 9.17) is 11.6 Å². The van der Waals surface area contributed by atoms with Crippen LogP contribution in [-0.4, -0.2) is 5.78 Å². The summed E-state index contributed by atoms with van der Waals surface area (Å²) in [5.74, 6) is -0.0288. The molecule has 0 fully saturated rings. The lowest BCUT2D eigenvalue weighted by Crippen LogP contribution is -1.97. The zero-order chi connectivity index (χ0) is 13.0. The topological polar surface area (TPSA) is 17.1 Å². The van der Waals surface area contributed by atoms with Crippen LogP contribution in [0.15, 0.2) is 54.6 Å². The van der Waals surface area contributed by atoms with Gasteiger partial charge in [-0.15, -0.1) is 0 Å². The largest absolute Gasteiger partial charge is 0.289 e. The number of benzene rings is 2. The van der Waals surface area contributed by atoms with Crippen molar-refractivity contribution in [2.45, 2.75) is 6.92 Å². The van der Waals surface area contributed by atoms with Crippen molar-refractivity contribution in [2.75, 3.05) is 0 Å². The van der Waals surface area contributed by atoms with Gasteiger partial charge in [0.05, 0.1) is 0 Å². The first kappa shape index (κ1) is 12.6. The first-order valence-electron chi connectivity index (χ1n) is 5.71. The molecule has 1 nitrogen and oxygen atoms in total. The maximum atomic E-state index is 12.0. The highest BCUT2D eigenvalue weighted by molar-refractivity contribution is 6.32. The number of ketones is 1. The van der Waals surface area contributed by atoms with Gasteiger partial charge in [-0.1, -0.05) is 60.1 Å². The van der Waals surface area contributed by atoms with Crippen LogP contribution >= 0.6 is 11.6 Å². The number of rotatable bonds is 3. The highest BCUT2D eigenvalue weighted by atomic mass is 35.5. The second kappa shape index (κ2) is 5.65. The average Bonchev–Trinajstić information content (AvgIpc) is 2.40. The van der Waals surface area contributed by atoms with E-state index in [1.54, 1.807) is 24.3 Å². The molecule has 0 atom stereocenters. The summed E-state index contributed by atoms with van der Waals surface area (Å²) in [6.07, 6.45) is 3.39. The van der Waals surface area contributed by atoms with E-state index < -0.39 is 0 Å². The highest BCUT2D eigenvalue weighted by Crippen LogP contribution is 2.19. The van der Waals surface area contributed by atoms with Gasteiger partial charge in [-0.05, 0) is 30.2 Å². The van der Waals surface area contributed by atoms with Crippen LogP contribution in [0.4, 0.5) is 0 Å². The third-order valence-electron chi connectivity index (χ3n) is 2.76. The lowest BCUT2D eigenvalue weighted by molar-refractivity contribution is 0.104. The van der Waals surface area contributed by atoms with Gasteiger partial charge in [0, 0.05) is 10.6 Å². The monoisotopic (exact) mass is 256 g/mol. The number of hydrogen-bond donors (Lipinski definition) is 0. The van der Waals surface area contributed by atoms with Crippen LogP contribution in [0.3, 0.4) is 0 Å². The Morgan fingerprint density at radius 3 is 2.50 bits per heavy atom. The van der Waals surface area contributed by atoms with Crippen LogP contribution in [0.2, 0.25) is 5.02 Å². The van der Waals surface area contributed by atoms with E-state index in [0.717, 1.165) is 11.1 Å². The van der Waals surface area contributed by atoms with E-state index >= 15 is 0 Å². The molecule has 0 aromatic heterocycles. The normalized spacial score (nSPS) is 10.8. The first-order chi connectivity index (χ1) is 8.68. The summed E-state index contributed by atoms with van der Waals surface area (Å²) >= 11 is 6.00. The van der Waals surface area contributed by atoms with Gasteiger partial charge >= 0.3 is 0 Å². The molecule has 0 amide bonds. The summed E-state index contributed by atoms with van der Waals surface area (Å²) < 4.78 is 0. The van der Waals surface area contributed by atoms with Crippen molar-refractivity contribution in [1.82, 2.24) is 0 Å². The summed E-state index contributed by atoms with van der Waals surface area (Å²) in [5, 5.41) is 0.619. The molecule has 0 N–H and O–H groups in total. The number of hydrogen-bond acceptors (Lipinski definition) is 1. The number of halogens is 1. The molecular formula is C16H13ClO. The molecule has 2 rings (SSSR count). The fraction of sp³-hybridized carbons (Fsp3) is 0.0625. The number of carbonyl (C=O) groups is 1. The fourth-order valence-electron chi connectivity index (χ4n) is 1.70. The van der Waals surface area contributed by atoms with Gasteiger partial charge in [0.25, 0.3) is 0 Å². The Hall–Kier alpha value is -1.86. The Bertz CT molecular complexity index is 585. The molecule has 2 heteroatoms. The fourth-order valence-corrected chi connectivity index (χ4v) is 1.87. The molecule has 18 heavy (non-hydrogen) atoms. The second-order valence-corrected chi connectivity index (χ2v) is 4.43. The van der Waals surface area contributed by atoms with E-state index in [-0.39, 0.29) is 5.78 Å². The molecule has 0 aliphatic rings. The molecule has 0 saturated heterocycles. The van der Waals surface area contributed by atoms with Gasteiger partial charge in [-0.3, -0.25) is 4.79 Å². The third-order valence-corrected chi connectivity index (χ3v) is 3.17. The Balaban J connectivity index is 2.23.